The van der Waals surface area contributed by atoms with Gasteiger partial charge in [0.2, 0.25) is 0 Å². The SMILES string of the molecule is CCCCCCCCCCCCC(N)c1cc(C)c(Br)s1. The van der Waals surface area contributed by atoms with Crippen LogP contribution >= 0.6 is 27.3 Å². The second-order valence-corrected chi connectivity index (χ2v) is 8.58. The van der Waals surface area contributed by atoms with E-state index in [4.69, 9.17) is 5.73 Å². The Morgan fingerprint density at radius 3 is 2.00 bits per heavy atom. The molecule has 0 saturated carbocycles. The summed E-state index contributed by atoms with van der Waals surface area (Å²) in [6.07, 6.45) is 15.0. The van der Waals surface area contributed by atoms with Crippen LogP contribution in [0.15, 0.2) is 9.85 Å². The Morgan fingerprint density at radius 2 is 1.52 bits per heavy atom. The molecule has 0 aliphatic heterocycles. The van der Waals surface area contributed by atoms with Crippen LogP contribution in [-0.2, 0) is 0 Å². The monoisotopic (exact) mass is 373 g/mol. The number of unbranched alkanes of at least 4 members (excludes halogenated alkanes) is 9. The fraction of sp³-hybridized carbons (Fsp3) is 0.778. The second-order valence-electron chi connectivity index (χ2n) is 6.18. The lowest BCUT2D eigenvalue weighted by atomic mass is 10.0. The lowest BCUT2D eigenvalue weighted by Gasteiger charge is -2.09. The third-order valence-electron chi connectivity index (χ3n) is 4.11. The first-order chi connectivity index (χ1) is 10.1. The van der Waals surface area contributed by atoms with Gasteiger partial charge in [-0.15, -0.1) is 11.3 Å². The van der Waals surface area contributed by atoms with Crippen LogP contribution in [0.3, 0.4) is 0 Å². The smallest absolute Gasteiger partial charge is 0.0731 e. The van der Waals surface area contributed by atoms with E-state index in [0.717, 1.165) is 6.42 Å². The van der Waals surface area contributed by atoms with Gasteiger partial charge in [0.15, 0.2) is 0 Å². The first-order valence-corrected chi connectivity index (χ1v) is 10.3. The van der Waals surface area contributed by atoms with E-state index < -0.39 is 0 Å². The lowest BCUT2D eigenvalue weighted by Crippen LogP contribution is -2.08. The minimum Gasteiger partial charge on any atom is -0.323 e. The van der Waals surface area contributed by atoms with Gasteiger partial charge in [0.1, 0.15) is 0 Å². The van der Waals surface area contributed by atoms with E-state index in [-0.39, 0.29) is 6.04 Å². The largest absolute Gasteiger partial charge is 0.323 e. The highest BCUT2D eigenvalue weighted by molar-refractivity contribution is 9.11. The van der Waals surface area contributed by atoms with Gasteiger partial charge in [-0.2, -0.15) is 0 Å². The molecule has 0 fully saturated rings. The van der Waals surface area contributed by atoms with Crippen LogP contribution in [-0.4, -0.2) is 0 Å². The molecule has 0 saturated heterocycles. The van der Waals surface area contributed by atoms with Gasteiger partial charge in [-0.05, 0) is 40.9 Å². The molecule has 1 atom stereocenters. The van der Waals surface area contributed by atoms with Crippen molar-refractivity contribution >= 4 is 27.3 Å². The van der Waals surface area contributed by atoms with Gasteiger partial charge in [-0.3, -0.25) is 0 Å². The predicted molar refractivity (Wildman–Crippen MR) is 100 cm³/mol. The van der Waals surface area contributed by atoms with Crippen LogP contribution in [0.1, 0.15) is 94.0 Å². The maximum atomic E-state index is 6.28. The summed E-state index contributed by atoms with van der Waals surface area (Å²) in [6, 6.07) is 2.46. The summed E-state index contributed by atoms with van der Waals surface area (Å²) in [6.45, 7) is 4.41. The molecule has 1 aromatic rings. The zero-order valence-corrected chi connectivity index (χ0v) is 16.2. The molecule has 0 aliphatic carbocycles. The highest BCUT2D eigenvalue weighted by Gasteiger charge is 2.10. The van der Waals surface area contributed by atoms with E-state index in [2.05, 4.69) is 35.8 Å². The topological polar surface area (TPSA) is 26.0 Å². The summed E-state index contributed by atoms with van der Waals surface area (Å²) in [5.41, 5.74) is 7.59. The van der Waals surface area contributed by atoms with Crippen molar-refractivity contribution in [2.45, 2.75) is 90.5 Å². The summed E-state index contributed by atoms with van der Waals surface area (Å²) in [7, 11) is 0. The molecule has 0 amide bonds. The van der Waals surface area contributed by atoms with E-state index in [1.54, 1.807) is 11.3 Å². The average Bonchev–Trinajstić information content (AvgIpc) is 2.80. The van der Waals surface area contributed by atoms with E-state index in [1.807, 2.05) is 0 Å². The molecule has 0 spiro atoms. The van der Waals surface area contributed by atoms with E-state index in [9.17, 15) is 0 Å². The summed E-state index contributed by atoms with van der Waals surface area (Å²) in [4.78, 5) is 1.33. The van der Waals surface area contributed by atoms with Gasteiger partial charge < -0.3 is 5.73 Å². The molecular weight excluding hydrogens is 342 g/mol. The average molecular weight is 374 g/mol. The molecule has 1 nitrogen and oxygen atoms in total. The van der Waals surface area contributed by atoms with Gasteiger partial charge >= 0.3 is 0 Å². The molecule has 21 heavy (non-hydrogen) atoms. The number of aryl methyl sites for hydroxylation is 1. The molecular formula is C18H32BrNS. The van der Waals surface area contributed by atoms with Crippen molar-refractivity contribution in [2.24, 2.45) is 5.73 Å². The first-order valence-electron chi connectivity index (χ1n) is 8.66. The fourth-order valence-corrected chi connectivity index (χ4v) is 4.27. The van der Waals surface area contributed by atoms with E-state index in [1.165, 1.54) is 78.4 Å². The molecule has 122 valence electrons. The Balaban J connectivity index is 1.96. The van der Waals surface area contributed by atoms with Crippen LogP contribution in [0.2, 0.25) is 0 Å². The van der Waals surface area contributed by atoms with Crippen LogP contribution < -0.4 is 5.73 Å². The third-order valence-corrected chi connectivity index (χ3v) is 6.38. The highest BCUT2D eigenvalue weighted by atomic mass is 79.9. The summed E-state index contributed by atoms with van der Waals surface area (Å²) in [5, 5.41) is 0. The van der Waals surface area contributed by atoms with Crippen LogP contribution in [0.25, 0.3) is 0 Å². The molecule has 1 aromatic heterocycles. The Bertz CT molecular complexity index is 356. The maximum absolute atomic E-state index is 6.28. The third kappa shape index (κ3) is 8.37. The zero-order chi connectivity index (χ0) is 15.5. The van der Waals surface area contributed by atoms with Crippen molar-refractivity contribution in [2.75, 3.05) is 0 Å². The molecule has 1 rings (SSSR count). The van der Waals surface area contributed by atoms with Crippen molar-refractivity contribution in [3.05, 3.63) is 20.3 Å². The molecule has 0 aromatic carbocycles. The molecule has 0 aliphatic rings. The summed E-state index contributed by atoms with van der Waals surface area (Å²) >= 11 is 5.38. The van der Waals surface area contributed by atoms with Gasteiger partial charge in [-0.25, -0.2) is 0 Å². The van der Waals surface area contributed by atoms with Crippen LogP contribution in [0.4, 0.5) is 0 Å². The quantitative estimate of drug-likeness (QED) is 0.387. The molecule has 1 unspecified atom stereocenters. The molecule has 0 radical (unpaired) electrons. The van der Waals surface area contributed by atoms with Crippen LogP contribution in [0.5, 0.6) is 0 Å². The normalized spacial score (nSPS) is 12.8. The minimum absolute atomic E-state index is 0.231. The fourth-order valence-electron chi connectivity index (χ4n) is 2.66. The Hall–Kier alpha value is 0.140. The second kappa shape index (κ2) is 11.7. The maximum Gasteiger partial charge on any atom is 0.0731 e. The minimum atomic E-state index is 0.231. The number of rotatable bonds is 12. The Kier molecular flexibility index (Phi) is 10.7. The number of nitrogens with two attached hydrogens (primary N) is 1. The van der Waals surface area contributed by atoms with Crippen molar-refractivity contribution in [1.82, 2.24) is 0 Å². The van der Waals surface area contributed by atoms with Crippen molar-refractivity contribution in [3.8, 4) is 0 Å². The van der Waals surface area contributed by atoms with Crippen molar-refractivity contribution in [3.63, 3.8) is 0 Å². The van der Waals surface area contributed by atoms with Gasteiger partial charge in [0, 0.05) is 10.9 Å². The van der Waals surface area contributed by atoms with Crippen molar-refractivity contribution in [1.29, 1.82) is 0 Å². The van der Waals surface area contributed by atoms with Gasteiger partial charge in [0.25, 0.3) is 0 Å². The molecule has 3 heteroatoms. The van der Waals surface area contributed by atoms with Gasteiger partial charge in [0.05, 0.1) is 3.79 Å². The Morgan fingerprint density at radius 1 is 1.00 bits per heavy atom. The van der Waals surface area contributed by atoms with E-state index >= 15 is 0 Å². The number of halogens is 1. The number of thiophene rings is 1. The molecule has 0 bridgehead atoms. The molecule has 1 heterocycles. The van der Waals surface area contributed by atoms with E-state index in [0.29, 0.717) is 0 Å². The van der Waals surface area contributed by atoms with Crippen molar-refractivity contribution < 1.29 is 0 Å². The molecule has 2 N–H and O–H groups in total. The predicted octanol–water partition coefficient (Wildman–Crippen LogP) is 7.13. The lowest BCUT2D eigenvalue weighted by molar-refractivity contribution is 0.531. The summed E-state index contributed by atoms with van der Waals surface area (Å²) in [5.74, 6) is 0. The number of hydrogen-bond donors (Lipinski definition) is 1. The number of hydrogen-bond acceptors (Lipinski definition) is 2. The Labute approximate surface area is 143 Å². The summed E-state index contributed by atoms with van der Waals surface area (Å²) < 4.78 is 1.23. The highest BCUT2D eigenvalue weighted by Crippen LogP contribution is 2.32. The van der Waals surface area contributed by atoms with Crippen LogP contribution in [0, 0.1) is 6.92 Å². The van der Waals surface area contributed by atoms with Gasteiger partial charge in [-0.1, -0.05) is 71.1 Å². The first kappa shape index (κ1) is 19.2. The zero-order valence-electron chi connectivity index (χ0n) is 13.8. The standard InChI is InChI=1S/C18H32BrNS/c1-3-4-5-6-7-8-9-10-11-12-13-16(20)17-14-15(2)18(19)21-17/h14,16H,3-13,20H2,1-2H3.